The van der Waals surface area contributed by atoms with Crippen LogP contribution in [0.4, 0.5) is 9.52 Å². The predicted octanol–water partition coefficient (Wildman–Crippen LogP) is 5.06. The van der Waals surface area contributed by atoms with Gasteiger partial charge in [0, 0.05) is 17.4 Å². The highest BCUT2D eigenvalue weighted by atomic mass is 32.1. The first-order chi connectivity index (χ1) is 12.6. The number of thiazole rings is 1. The highest BCUT2D eigenvalue weighted by molar-refractivity contribution is 7.14. The number of ether oxygens (including phenoxy) is 1. The van der Waals surface area contributed by atoms with Gasteiger partial charge in [-0.05, 0) is 55.3 Å². The van der Waals surface area contributed by atoms with Crippen molar-refractivity contribution in [2.24, 2.45) is 0 Å². The van der Waals surface area contributed by atoms with Gasteiger partial charge in [0.1, 0.15) is 11.6 Å². The van der Waals surface area contributed by atoms with Crippen LogP contribution in [0.25, 0.3) is 11.3 Å². The van der Waals surface area contributed by atoms with Gasteiger partial charge in [0.15, 0.2) is 5.13 Å². The van der Waals surface area contributed by atoms with Crippen molar-refractivity contribution in [3.8, 4) is 17.0 Å². The Bertz CT molecular complexity index is 878. The minimum absolute atomic E-state index is 0.0992. The Kier molecular flexibility index (Phi) is 5.96. The van der Waals surface area contributed by atoms with Gasteiger partial charge < -0.3 is 10.1 Å². The second kappa shape index (κ2) is 8.58. The predicted molar refractivity (Wildman–Crippen MR) is 102 cm³/mol. The van der Waals surface area contributed by atoms with Crippen molar-refractivity contribution in [2.75, 3.05) is 11.9 Å². The third-order valence-electron chi connectivity index (χ3n) is 3.70. The number of hydrogen-bond acceptors (Lipinski definition) is 4. The summed E-state index contributed by atoms with van der Waals surface area (Å²) in [6, 6.07) is 13.9. The number of halogens is 1. The number of nitrogens with zero attached hydrogens (tertiary/aromatic N) is 1. The first-order valence-electron chi connectivity index (χ1n) is 8.31. The topological polar surface area (TPSA) is 51.2 Å². The lowest BCUT2D eigenvalue weighted by Gasteiger charge is -2.06. The monoisotopic (exact) mass is 370 g/mol. The van der Waals surface area contributed by atoms with Gasteiger partial charge in [-0.2, -0.15) is 0 Å². The van der Waals surface area contributed by atoms with E-state index in [1.165, 1.54) is 23.5 Å². The number of nitrogens with one attached hydrogen (secondary N) is 1. The normalized spacial score (nSPS) is 10.5. The van der Waals surface area contributed by atoms with Crippen LogP contribution in [0.5, 0.6) is 5.75 Å². The number of benzene rings is 2. The quantitative estimate of drug-likeness (QED) is 0.592. The lowest BCUT2D eigenvalue weighted by Crippen LogP contribution is -2.12. The minimum atomic E-state index is -0.287. The molecule has 1 amide bonds. The van der Waals surface area contributed by atoms with Crippen LogP contribution in [-0.4, -0.2) is 17.5 Å². The van der Waals surface area contributed by atoms with E-state index in [4.69, 9.17) is 4.74 Å². The highest BCUT2D eigenvalue weighted by Crippen LogP contribution is 2.25. The zero-order valence-electron chi connectivity index (χ0n) is 14.4. The molecule has 0 fully saturated rings. The zero-order valence-corrected chi connectivity index (χ0v) is 15.2. The molecule has 0 unspecified atom stereocenters. The fourth-order valence-electron chi connectivity index (χ4n) is 2.39. The van der Waals surface area contributed by atoms with Crippen LogP contribution < -0.4 is 10.1 Å². The third-order valence-corrected chi connectivity index (χ3v) is 4.45. The number of aromatic nitrogens is 1. The van der Waals surface area contributed by atoms with Crippen LogP contribution in [0.15, 0.2) is 53.9 Å². The summed E-state index contributed by atoms with van der Waals surface area (Å²) in [6.45, 7) is 2.49. The summed E-state index contributed by atoms with van der Waals surface area (Å²) in [5, 5.41) is 5.16. The molecule has 4 nitrogen and oxygen atoms in total. The summed E-state index contributed by atoms with van der Waals surface area (Å²) in [7, 11) is 0. The number of aryl methyl sites for hydroxylation is 1. The number of amides is 1. The smallest absolute Gasteiger partial charge is 0.226 e. The molecule has 2 aromatic carbocycles. The molecular formula is C20H19FN2O2S. The molecule has 0 saturated heterocycles. The lowest BCUT2D eigenvalue weighted by atomic mass is 10.2. The van der Waals surface area contributed by atoms with Crippen LogP contribution in [-0.2, 0) is 4.79 Å². The first-order valence-corrected chi connectivity index (χ1v) is 9.19. The summed E-state index contributed by atoms with van der Waals surface area (Å²) in [4.78, 5) is 16.4. The Morgan fingerprint density at radius 1 is 1.23 bits per heavy atom. The highest BCUT2D eigenvalue weighted by Gasteiger charge is 2.08. The third kappa shape index (κ3) is 5.13. The van der Waals surface area contributed by atoms with Crippen molar-refractivity contribution >= 4 is 22.4 Å². The molecule has 0 spiro atoms. The largest absolute Gasteiger partial charge is 0.494 e. The number of hydrogen-bond donors (Lipinski definition) is 1. The van der Waals surface area contributed by atoms with E-state index in [1.807, 2.05) is 36.6 Å². The number of carbonyl (C=O) groups is 1. The van der Waals surface area contributed by atoms with Crippen molar-refractivity contribution in [2.45, 2.75) is 19.8 Å². The van der Waals surface area contributed by atoms with Crippen molar-refractivity contribution < 1.29 is 13.9 Å². The first kappa shape index (κ1) is 18.1. The number of rotatable bonds is 7. The van der Waals surface area contributed by atoms with Crippen molar-refractivity contribution in [3.05, 3.63) is 65.3 Å². The summed E-state index contributed by atoms with van der Waals surface area (Å²) in [6.07, 6.45) is 0.979. The van der Waals surface area contributed by atoms with E-state index in [2.05, 4.69) is 10.3 Å². The van der Waals surface area contributed by atoms with Gasteiger partial charge in [-0.3, -0.25) is 4.79 Å². The number of anilines is 1. The number of carbonyl (C=O) groups excluding carboxylic acids is 1. The zero-order chi connectivity index (χ0) is 18.4. The Labute approximate surface area is 155 Å². The molecule has 0 saturated carbocycles. The van der Waals surface area contributed by atoms with Gasteiger partial charge in [0.25, 0.3) is 0 Å². The molecule has 1 aromatic heterocycles. The molecule has 0 aliphatic carbocycles. The van der Waals surface area contributed by atoms with Gasteiger partial charge in [-0.25, -0.2) is 9.37 Å². The fourth-order valence-corrected chi connectivity index (χ4v) is 3.13. The maximum Gasteiger partial charge on any atom is 0.226 e. The van der Waals surface area contributed by atoms with Crippen LogP contribution >= 0.6 is 11.3 Å². The molecule has 0 atom stereocenters. The molecule has 0 bridgehead atoms. The van der Waals surface area contributed by atoms with E-state index in [0.29, 0.717) is 30.3 Å². The Balaban J connectivity index is 1.44. The molecule has 26 heavy (non-hydrogen) atoms. The summed E-state index contributed by atoms with van der Waals surface area (Å²) in [5.74, 6) is 0.428. The van der Waals surface area contributed by atoms with E-state index >= 15 is 0 Å². The molecule has 3 rings (SSSR count). The lowest BCUT2D eigenvalue weighted by molar-refractivity contribution is -0.116. The van der Waals surface area contributed by atoms with Crippen LogP contribution in [0, 0.1) is 12.7 Å². The van der Waals surface area contributed by atoms with Gasteiger partial charge in [-0.1, -0.05) is 12.1 Å². The van der Waals surface area contributed by atoms with Crippen LogP contribution in [0.1, 0.15) is 18.4 Å². The van der Waals surface area contributed by atoms with Gasteiger partial charge in [-0.15, -0.1) is 11.3 Å². The molecule has 134 valence electrons. The van der Waals surface area contributed by atoms with E-state index in [9.17, 15) is 9.18 Å². The van der Waals surface area contributed by atoms with E-state index in [0.717, 1.165) is 16.9 Å². The Morgan fingerprint density at radius 2 is 2.04 bits per heavy atom. The SMILES string of the molecule is Cc1cccc(OCCCC(=O)Nc2nc(-c3ccc(F)cc3)cs2)c1. The Morgan fingerprint density at radius 3 is 2.81 bits per heavy atom. The van der Waals surface area contributed by atoms with E-state index in [-0.39, 0.29) is 11.7 Å². The van der Waals surface area contributed by atoms with Crippen molar-refractivity contribution in [1.82, 2.24) is 4.98 Å². The molecule has 1 heterocycles. The minimum Gasteiger partial charge on any atom is -0.494 e. The molecular weight excluding hydrogens is 351 g/mol. The molecule has 1 N–H and O–H groups in total. The second-order valence-electron chi connectivity index (χ2n) is 5.86. The van der Waals surface area contributed by atoms with Crippen molar-refractivity contribution in [1.29, 1.82) is 0 Å². The summed E-state index contributed by atoms with van der Waals surface area (Å²) < 4.78 is 18.6. The van der Waals surface area contributed by atoms with E-state index < -0.39 is 0 Å². The fraction of sp³-hybridized carbons (Fsp3) is 0.200. The maximum absolute atomic E-state index is 13.0. The van der Waals surface area contributed by atoms with Gasteiger partial charge >= 0.3 is 0 Å². The molecule has 0 radical (unpaired) electrons. The average Bonchev–Trinajstić information content (AvgIpc) is 3.08. The second-order valence-corrected chi connectivity index (χ2v) is 6.72. The van der Waals surface area contributed by atoms with E-state index in [1.54, 1.807) is 12.1 Å². The average molecular weight is 370 g/mol. The molecule has 0 aliphatic heterocycles. The molecule has 6 heteroatoms. The molecule has 3 aromatic rings. The molecule has 0 aliphatic rings. The van der Waals surface area contributed by atoms with Crippen molar-refractivity contribution in [3.63, 3.8) is 0 Å². The summed E-state index contributed by atoms with van der Waals surface area (Å²) in [5.41, 5.74) is 2.67. The van der Waals surface area contributed by atoms with Crippen LogP contribution in [0.3, 0.4) is 0 Å². The van der Waals surface area contributed by atoms with Gasteiger partial charge in [0.05, 0.1) is 12.3 Å². The standard InChI is InChI=1S/C20H19FN2O2S/c1-14-4-2-5-17(12-14)25-11-3-6-19(24)23-20-22-18(13-26-20)15-7-9-16(21)10-8-15/h2,4-5,7-10,12-13H,3,6,11H2,1H3,(H,22,23,24). The van der Waals surface area contributed by atoms with Gasteiger partial charge in [0.2, 0.25) is 5.91 Å². The maximum atomic E-state index is 13.0. The Hall–Kier alpha value is -2.73. The van der Waals surface area contributed by atoms with Crippen LogP contribution in [0.2, 0.25) is 0 Å². The summed E-state index contributed by atoms with van der Waals surface area (Å²) >= 11 is 1.35.